The van der Waals surface area contributed by atoms with Crippen molar-refractivity contribution in [2.24, 2.45) is 5.41 Å². The number of carbonyl (C=O) groups excluding carboxylic acids is 1. The van der Waals surface area contributed by atoms with Gasteiger partial charge in [-0.1, -0.05) is 11.6 Å². The van der Waals surface area contributed by atoms with E-state index in [0.29, 0.717) is 24.1 Å². The van der Waals surface area contributed by atoms with E-state index in [4.69, 9.17) is 27.9 Å². The third-order valence-corrected chi connectivity index (χ3v) is 4.18. The van der Waals surface area contributed by atoms with Gasteiger partial charge in [-0.3, -0.25) is 4.79 Å². The monoisotopic (exact) mass is 317 g/mol. The van der Waals surface area contributed by atoms with Crippen molar-refractivity contribution in [1.29, 1.82) is 0 Å². The lowest BCUT2D eigenvalue weighted by Crippen LogP contribution is -2.41. The molecule has 1 amide bonds. The van der Waals surface area contributed by atoms with Crippen LogP contribution >= 0.6 is 23.2 Å². The van der Waals surface area contributed by atoms with Gasteiger partial charge in [0, 0.05) is 18.0 Å². The maximum atomic E-state index is 12.1. The van der Waals surface area contributed by atoms with Crippen LogP contribution in [-0.4, -0.2) is 36.9 Å². The van der Waals surface area contributed by atoms with Crippen LogP contribution in [0.2, 0.25) is 5.02 Å². The first-order valence-corrected chi connectivity index (χ1v) is 7.39. The number of hydrogen-bond acceptors (Lipinski definition) is 2. The molecule has 112 valence electrons. The van der Waals surface area contributed by atoms with Gasteiger partial charge in [-0.2, -0.15) is 0 Å². The number of alkyl halides is 1. The third-order valence-electron chi connectivity index (χ3n) is 3.08. The summed E-state index contributed by atoms with van der Waals surface area (Å²) in [5.41, 5.74) is 0.421. The molecule has 20 heavy (non-hydrogen) atoms. The quantitative estimate of drug-likeness (QED) is 0.748. The van der Waals surface area contributed by atoms with Gasteiger partial charge in [-0.15, -0.1) is 11.6 Å². The fourth-order valence-corrected chi connectivity index (χ4v) is 1.91. The first-order chi connectivity index (χ1) is 9.27. The summed E-state index contributed by atoms with van der Waals surface area (Å²) in [6, 6.07) is 5.50. The SMILES string of the molecule is Cc1cc(OCCN(C)C(=O)C(C)(C)CCl)ccc1Cl. The highest BCUT2D eigenvalue weighted by Crippen LogP contribution is 2.22. The van der Waals surface area contributed by atoms with E-state index in [1.54, 1.807) is 18.0 Å². The summed E-state index contributed by atoms with van der Waals surface area (Å²) in [5, 5.41) is 0.716. The van der Waals surface area contributed by atoms with E-state index in [0.717, 1.165) is 11.3 Å². The largest absolute Gasteiger partial charge is 0.492 e. The highest BCUT2D eigenvalue weighted by atomic mass is 35.5. The van der Waals surface area contributed by atoms with E-state index in [2.05, 4.69) is 0 Å². The van der Waals surface area contributed by atoms with Gasteiger partial charge in [-0.05, 0) is 44.5 Å². The zero-order valence-electron chi connectivity index (χ0n) is 12.4. The minimum atomic E-state index is -0.548. The minimum Gasteiger partial charge on any atom is -0.492 e. The average Bonchev–Trinajstić information content (AvgIpc) is 2.41. The molecule has 0 unspecified atom stereocenters. The Morgan fingerprint density at radius 1 is 1.40 bits per heavy atom. The second-order valence-electron chi connectivity index (χ2n) is 5.50. The van der Waals surface area contributed by atoms with Crippen LogP contribution in [0.5, 0.6) is 5.75 Å². The number of ether oxygens (including phenoxy) is 1. The zero-order chi connectivity index (χ0) is 15.3. The number of aryl methyl sites for hydroxylation is 1. The molecule has 0 radical (unpaired) electrons. The molecule has 0 aliphatic carbocycles. The number of benzene rings is 1. The summed E-state index contributed by atoms with van der Waals surface area (Å²) >= 11 is 11.8. The minimum absolute atomic E-state index is 0.0170. The molecule has 0 atom stereocenters. The molecule has 0 N–H and O–H groups in total. The van der Waals surface area contributed by atoms with Crippen LogP contribution in [-0.2, 0) is 4.79 Å². The van der Waals surface area contributed by atoms with Gasteiger partial charge in [0.2, 0.25) is 5.91 Å². The molecule has 0 heterocycles. The summed E-state index contributed by atoms with van der Waals surface area (Å²) in [5.74, 6) is 1.07. The highest BCUT2D eigenvalue weighted by molar-refractivity contribution is 6.31. The number of carbonyl (C=O) groups is 1. The molecule has 0 saturated carbocycles. The molecule has 0 aromatic heterocycles. The van der Waals surface area contributed by atoms with E-state index >= 15 is 0 Å². The first kappa shape index (κ1) is 17.1. The van der Waals surface area contributed by atoms with E-state index < -0.39 is 5.41 Å². The van der Waals surface area contributed by atoms with Crippen molar-refractivity contribution in [2.45, 2.75) is 20.8 Å². The van der Waals surface area contributed by atoms with Crippen LogP contribution in [0.25, 0.3) is 0 Å². The van der Waals surface area contributed by atoms with Gasteiger partial charge >= 0.3 is 0 Å². The van der Waals surface area contributed by atoms with Crippen molar-refractivity contribution in [3.8, 4) is 5.75 Å². The number of hydrogen-bond donors (Lipinski definition) is 0. The maximum Gasteiger partial charge on any atom is 0.229 e. The Labute approximate surface area is 130 Å². The van der Waals surface area contributed by atoms with Crippen molar-refractivity contribution >= 4 is 29.1 Å². The Bertz CT molecular complexity index is 475. The Kier molecular flexibility index (Phi) is 6.15. The van der Waals surface area contributed by atoms with Crippen molar-refractivity contribution in [3.05, 3.63) is 28.8 Å². The molecule has 1 rings (SSSR count). The number of likely N-dealkylation sites (N-methyl/N-ethyl adjacent to an activating group) is 1. The zero-order valence-corrected chi connectivity index (χ0v) is 13.9. The van der Waals surface area contributed by atoms with Crippen molar-refractivity contribution in [1.82, 2.24) is 4.90 Å². The third kappa shape index (κ3) is 4.57. The van der Waals surface area contributed by atoms with Gasteiger partial charge < -0.3 is 9.64 Å². The van der Waals surface area contributed by atoms with Crippen LogP contribution in [0, 0.1) is 12.3 Å². The Morgan fingerprint density at radius 2 is 2.05 bits per heavy atom. The maximum absolute atomic E-state index is 12.1. The summed E-state index contributed by atoms with van der Waals surface area (Å²) in [7, 11) is 1.76. The molecule has 0 bridgehead atoms. The predicted octanol–water partition coefficient (Wildman–Crippen LogP) is 3.75. The van der Waals surface area contributed by atoms with Gasteiger partial charge in [0.15, 0.2) is 0 Å². The van der Waals surface area contributed by atoms with Crippen LogP contribution in [0.1, 0.15) is 19.4 Å². The van der Waals surface area contributed by atoms with Gasteiger partial charge in [-0.25, -0.2) is 0 Å². The normalized spacial score (nSPS) is 11.3. The van der Waals surface area contributed by atoms with Crippen LogP contribution in [0.15, 0.2) is 18.2 Å². The molecule has 0 aliphatic rings. The molecular weight excluding hydrogens is 297 g/mol. The molecule has 1 aromatic rings. The molecule has 0 spiro atoms. The lowest BCUT2D eigenvalue weighted by Gasteiger charge is -2.27. The molecule has 0 aliphatic heterocycles. The lowest BCUT2D eigenvalue weighted by molar-refractivity contribution is -0.138. The lowest BCUT2D eigenvalue weighted by atomic mass is 9.94. The van der Waals surface area contributed by atoms with Crippen LogP contribution in [0.3, 0.4) is 0 Å². The van der Waals surface area contributed by atoms with Crippen molar-refractivity contribution in [3.63, 3.8) is 0 Å². The van der Waals surface area contributed by atoms with E-state index in [9.17, 15) is 4.79 Å². The van der Waals surface area contributed by atoms with Crippen molar-refractivity contribution in [2.75, 3.05) is 26.1 Å². The molecule has 5 heteroatoms. The predicted molar refractivity (Wildman–Crippen MR) is 83.8 cm³/mol. The van der Waals surface area contributed by atoms with E-state index in [1.807, 2.05) is 32.9 Å². The highest BCUT2D eigenvalue weighted by Gasteiger charge is 2.29. The summed E-state index contributed by atoms with van der Waals surface area (Å²) < 4.78 is 5.62. The Hall–Kier alpha value is -0.930. The number of nitrogens with zero attached hydrogens (tertiary/aromatic N) is 1. The number of amides is 1. The topological polar surface area (TPSA) is 29.5 Å². The summed E-state index contributed by atoms with van der Waals surface area (Å²) in [6.45, 7) is 6.54. The summed E-state index contributed by atoms with van der Waals surface area (Å²) in [6.07, 6.45) is 0. The summed E-state index contributed by atoms with van der Waals surface area (Å²) in [4.78, 5) is 13.7. The molecule has 1 aromatic carbocycles. The van der Waals surface area contributed by atoms with Gasteiger partial charge in [0.25, 0.3) is 0 Å². The molecule has 0 saturated heterocycles. The Morgan fingerprint density at radius 3 is 2.60 bits per heavy atom. The van der Waals surface area contributed by atoms with Gasteiger partial charge in [0.1, 0.15) is 12.4 Å². The van der Waals surface area contributed by atoms with Crippen molar-refractivity contribution < 1.29 is 9.53 Å². The van der Waals surface area contributed by atoms with Crippen LogP contribution in [0.4, 0.5) is 0 Å². The van der Waals surface area contributed by atoms with E-state index in [-0.39, 0.29) is 5.91 Å². The van der Waals surface area contributed by atoms with Gasteiger partial charge in [0.05, 0.1) is 12.0 Å². The standard InChI is InChI=1S/C15H21Cl2NO2/c1-11-9-12(5-6-13(11)17)20-8-7-18(4)14(19)15(2,3)10-16/h5-6,9H,7-8,10H2,1-4H3. The first-order valence-electron chi connectivity index (χ1n) is 6.48. The fourth-order valence-electron chi connectivity index (χ4n) is 1.68. The van der Waals surface area contributed by atoms with Crippen LogP contribution < -0.4 is 4.74 Å². The second kappa shape index (κ2) is 7.19. The van der Waals surface area contributed by atoms with E-state index in [1.165, 1.54) is 0 Å². The molecular formula is C15H21Cl2NO2. The number of halogens is 2. The molecule has 3 nitrogen and oxygen atoms in total. The average molecular weight is 318 g/mol. The smallest absolute Gasteiger partial charge is 0.229 e. The fraction of sp³-hybridized carbons (Fsp3) is 0.533. The Balaban J connectivity index is 2.48. The molecule has 0 fully saturated rings. The number of rotatable bonds is 6. The second-order valence-corrected chi connectivity index (χ2v) is 6.18.